The SMILES string of the molecule is CC(C)C(NC(=O)c1c(F)cccc1F)C(=O)OCC(=O)NNC(=O)c1cccs1. The van der Waals surface area contributed by atoms with Crippen molar-refractivity contribution in [1.29, 1.82) is 0 Å². The number of esters is 1. The molecule has 1 heterocycles. The van der Waals surface area contributed by atoms with Gasteiger partial charge >= 0.3 is 5.97 Å². The summed E-state index contributed by atoms with van der Waals surface area (Å²) in [6, 6.07) is 4.89. The minimum atomic E-state index is -1.26. The summed E-state index contributed by atoms with van der Waals surface area (Å²) >= 11 is 1.17. The second kappa shape index (κ2) is 10.4. The Kier molecular flexibility index (Phi) is 7.98. The lowest BCUT2D eigenvalue weighted by Crippen LogP contribution is -2.47. The van der Waals surface area contributed by atoms with E-state index in [1.54, 1.807) is 31.4 Å². The quantitative estimate of drug-likeness (QED) is 0.450. The van der Waals surface area contributed by atoms with Gasteiger partial charge in [-0.3, -0.25) is 25.2 Å². The maximum absolute atomic E-state index is 13.8. The van der Waals surface area contributed by atoms with Crippen molar-refractivity contribution in [2.75, 3.05) is 6.61 Å². The van der Waals surface area contributed by atoms with Gasteiger partial charge in [0.15, 0.2) is 6.61 Å². The molecule has 11 heteroatoms. The molecule has 0 bridgehead atoms. The van der Waals surface area contributed by atoms with E-state index in [1.165, 1.54) is 11.3 Å². The molecule has 1 aromatic carbocycles. The molecule has 1 aromatic heterocycles. The molecule has 2 aromatic rings. The summed E-state index contributed by atoms with van der Waals surface area (Å²) in [5.74, 6) is -6.12. The van der Waals surface area contributed by atoms with Gasteiger partial charge in [-0.15, -0.1) is 11.3 Å². The van der Waals surface area contributed by atoms with Crippen molar-refractivity contribution in [3.8, 4) is 0 Å². The zero-order valence-electron chi connectivity index (χ0n) is 16.0. The molecular weight excluding hydrogens is 420 g/mol. The maximum Gasteiger partial charge on any atom is 0.329 e. The molecule has 0 spiro atoms. The van der Waals surface area contributed by atoms with E-state index in [-0.39, 0.29) is 0 Å². The minimum Gasteiger partial charge on any atom is -0.454 e. The molecular formula is C19H19F2N3O5S. The number of carbonyl (C=O) groups excluding carboxylic acids is 4. The monoisotopic (exact) mass is 439 g/mol. The first kappa shape index (κ1) is 22.9. The topological polar surface area (TPSA) is 114 Å². The Morgan fingerprint density at radius 2 is 1.67 bits per heavy atom. The first-order valence-corrected chi connectivity index (χ1v) is 9.63. The largest absolute Gasteiger partial charge is 0.454 e. The number of hydrogen-bond donors (Lipinski definition) is 3. The Bertz CT molecular complexity index is 914. The Morgan fingerprint density at radius 1 is 1.00 bits per heavy atom. The van der Waals surface area contributed by atoms with Crippen LogP contribution in [0.4, 0.5) is 8.78 Å². The molecule has 3 N–H and O–H groups in total. The number of rotatable bonds is 7. The number of amides is 3. The Labute approximate surface area is 174 Å². The molecule has 0 radical (unpaired) electrons. The highest BCUT2D eigenvalue weighted by Gasteiger charge is 2.29. The molecule has 1 atom stereocenters. The molecule has 30 heavy (non-hydrogen) atoms. The van der Waals surface area contributed by atoms with Gasteiger partial charge in [0.25, 0.3) is 17.7 Å². The van der Waals surface area contributed by atoms with Crippen LogP contribution in [0.5, 0.6) is 0 Å². The normalized spacial score (nSPS) is 11.5. The average Bonchev–Trinajstić information content (AvgIpc) is 3.23. The van der Waals surface area contributed by atoms with Gasteiger partial charge in [-0.05, 0) is 29.5 Å². The van der Waals surface area contributed by atoms with Gasteiger partial charge in [0.2, 0.25) is 0 Å². The second-order valence-electron chi connectivity index (χ2n) is 6.38. The van der Waals surface area contributed by atoms with Gasteiger partial charge < -0.3 is 10.1 Å². The van der Waals surface area contributed by atoms with Crippen molar-refractivity contribution in [2.45, 2.75) is 19.9 Å². The van der Waals surface area contributed by atoms with E-state index in [2.05, 4.69) is 16.2 Å². The van der Waals surface area contributed by atoms with Crippen LogP contribution in [0.25, 0.3) is 0 Å². The van der Waals surface area contributed by atoms with Crippen molar-refractivity contribution >= 4 is 35.0 Å². The lowest BCUT2D eigenvalue weighted by atomic mass is 10.0. The van der Waals surface area contributed by atoms with E-state index in [9.17, 15) is 28.0 Å². The van der Waals surface area contributed by atoms with Crippen molar-refractivity contribution in [2.24, 2.45) is 5.92 Å². The summed E-state index contributed by atoms with van der Waals surface area (Å²) in [6.07, 6.45) is 0. The van der Waals surface area contributed by atoms with Crippen LogP contribution in [0.3, 0.4) is 0 Å². The zero-order chi connectivity index (χ0) is 22.3. The number of halogens is 2. The standard InChI is InChI=1S/C19H19F2N3O5S/c1-10(2)16(22-18(27)15-11(20)5-3-6-12(15)21)19(28)29-9-14(25)23-24-17(26)13-7-4-8-30-13/h3-8,10,16H,9H2,1-2H3,(H,22,27)(H,23,25)(H,24,26). The molecule has 8 nitrogen and oxygen atoms in total. The summed E-state index contributed by atoms with van der Waals surface area (Å²) in [4.78, 5) is 48.3. The molecule has 0 aliphatic carbocycles. The molecule has 0 saturated heterocycles. The van der Waals surface area contributed by atoms with E-state index >= 15 is 0 Å². The van der Waals surface area contributed by atoms with Gasteiger partial charge in [0.05, 0.1) is 4.88 Å². The Balaban J connectivity index is 1.90. The van der Waals surface area contributed by atoms with Gasteiger partial charge in [-0.2, -0.15) is 0 Å². The van der Waals surface area contributed by atoms with Gasteiger partial charge in [-0.1, -0.05) is 26.0 Å². The zero-order valence-corrected chi connectivity index (χ0v) is 16.8. The highest BCUT2D eigenvalue weighted by atomic mass is 32.1. The lowest BCUT2D eigenvalue weighted by molar-refractivity contribution is -0.151. The first-order valence-electron chi connectivity index (χ1n) is 8.75. The van der Waals surface area contributed by atoms with Gasteiger partial charge in [0.1, 0.15) is 23.2 Å². The molecule has 3 amide bonds. The summed E-state index contributed by atoms with van der Waals surface area (Å²) in [7, 11) is 0. The summed E-state index contributed by atoms with van der Waals surface area (Å²) in [5.41, 5.74) is 3.41. The number of nitrogens with one attached hydrogen (secondary N) is 3. The number of hydrogen-bond acceptors (Lipinski definition) is 6. The molecule has 0 aliphatic heterocycles. The first-order chi connectivity index (χ1) is 14.2. The van der Waals surface area contributed by atoms with Crippen LogP contribution >= 0.6 is 11.3 Å². The van der Waals surface area contributed by atoms with Crippen molar-refractivity contribution in [3.63, 3.8) is 0 Å². The van der Waals surface area contributed by atoms with E-state index in [1.807, 2.05) is 0 Å². The minimum absolute atomic E-state index is 0.371. The highest BCUT2D eigenvalue weighted by molar-refractivity contribution is 7.12. The van der Waals surface area contributed by atoms with Crippen LogP contribution < -0.4 is 16.2 Å². The lowest BCUT2D eigenvalue weighted by Gasteiger charge is -2.21. The Hall–Kier alpha value is -3.34. The number of carbonyl (C=O) groups is 4. The highest BCUT2D eigenvalue weighted by Crippen LogP contribution is 2.13. The second-order valence-corrected chi connectivity index (χ2v) is 7.33. The Morgan fingerprint density at radius 3 is 2.23 bits per heavy atom. The molecule has 0 saturated carbocycles. The molecule has 0 fully saturated rings. The van der Waals surface area contributed by atoms with E-state index in [0.29, 0.717) is 4.88 Å². The van der Waals surface area contributed by atoms with Crippen molar-refractivity contribution in [1.82, 2.24) is 16.2 Å². The van der Waals surface area contributed by atoms with Gasteiger partial charge in [0, 0.05) is 0 Å². The molecule has 160 valence electrons. The third kappa shape index (κ3) is 6.08. The molecule has 2 rings (SSSR count). The van der Waals surface area contributed by atoms with Crippen LogP contribution in [-0.2, 0) is 14.3 Å². The summed E-state index contributed by atoms with van der Waals surface area (Å²) < 4.78 is 32.4. The third-order valence-electron chi connectivity index (χ3n) is 3.80. The van der Waals surface area contributed by atoms with Crippen LogP contribution in [0.15, 0.2) is 35.7 Å². The van der Waals surface area contributed by atoms with E-state index < -0.39 is 59.5 Å². The van der Waals surface area contributed by atoms with Crippen molar-refractivity contribution in [3.05, 3.63) is 57.8 Å². The predicted molar refractivity (Wildman–Crippen MR) is 103 cm³/mol. The molecule has 1 unspecified atom stereocenters. The van der Waals surface area contributed by atoms with Crippen LogP contribution in [0.1, 0.15) is 33.9 Å². The summed E-state index contributed by atoms with van der Waals surface area (Å²) in [5, 5.41) is 3.90. The number of benzene rings is 1. The fourth-order valence-corrected chi connectivity index (χ4v) is 2.90. The smallest absolute Gasteiger partial charge is 0.329 e. The maximum atomic E-state index is 13.8. The van der Waals surface area contributed by atoms with E-state index in [4.69, 9.17) is 4.74 Å². The van der Waals surface area contributed by atoms with Crippen LogP contribution in [-0.4, -0.2) is 36.3 Å². The molecule has 0 aliphatic rings. The number of hydrazine groups is 1. The van der Waals surface area contributed by atoms with Gasteiger partial charge in [-0.25, -0.2) is 13.6 Å². The third-order valence-corrected chi connectivity index (χ3v) is 4.67. The van der Waals surface area contributed by atoms with Crippen LogP contribution in [0.2, 0.25) is 0 Å². The summed E-state index contributed by atoms with van der Waals surface area (Å²) in [6.45, 7) is 2.41. The number of ether oxygens (including phenoxy) is 1. The fraction of sp³-hybridized carbons (Fsp3) is 0.263. The predicted octanol–water partition coefficient (Wildman–Crippen LogP) is 1.79. The van der Waals surface area contributed by atoms with Crippen LogP contribution in [0, 0.1) is 17.6 Å². The average molecular weight is 439 g/mol. The van der Waals surface area contributed by atoms with Crippen molar-refractivity contribution < 1.29 is 32.7 Å². The number of thiophene rings is 1. The van der Waals surface area contributed by atoms with E-state index in [0.717, 1.165) is 18.2 Å². The fourth-order valence-electron chi connectivity index (χ4n) is 2.28.